The number of benzene rings is 5. The van der Waals surface area contributed by atoms with Gasteiger partial charge in [0, 0.05) is 5.41 Å². The maximum atomic E-state index is 2.77. The molecule has 2 aliphatic carbocycles. The van der Waals surface area contributed by atoms with Crippen molar-refractivity contribution in [3.05, 3.63) is 153 Å². The first-order valence-corrected chi connectivity index (χ1v) is 28.0. The molecule has 354 valence electrons. The summed E-state index contributed by atoms with van der Waals surface area (Å²) in [5, 5.41) is 0. The molecule has 0 N–H and O–H groups in total. The Kier molecular flexibility index (Phi) is 18.9. The summed E-state index contributed by atoms with van der Waals surface area (Å²) in [5.41, 5.74) is 20.3. The molecule has 0 unspecified atom stereocenters. The fraction of sp³-hybridized carbons (Fsp3) is 0.545. The lowest BCUT2D eigenvalue weighted by atomic mass is 9.66. The molecule has 0 spiro atoms. The summed E-state index contributed by atoms with van der Waals surface area (Å²) in [6.07, 6.45) is 37.0. The first kappa shape index (κ1) is 50.0. The van der Waals surface area contributed by atoms with E-state index in [-0.39, 0.29) is 5.41 Å². The Morgan fingerprint density at radius 1 is 0.303 bits per heavy atom. The van der Waals surface area contributed by atoms with Crippen LogP contribution in [-0.2, 0) is 23.7 Å². The monoisotopic (exact) mass is 883 g/mol. The number of rotatable bonds is 30. The van der Waals surface area contributed by atoms with E-state index in [1.807, 2.05) is 0 Å². The maximum absolute atomic E-state index is 2.77. The SMILES string of the molecule is CCCCCCCCc1ccc(C2(c3ccc(CCCCCCCC)cc3)c3cc(C)ccc3-c3cc4c(cc32)-c2ccc(C)cc2C4(CCCCCCCC)CCCCCCCC)cc1. The molecule has 0 aromatic heterocycles. The molecule has 0 radical (unpaired) electrons. The van der Waals surface area contributed by atoms with E-state index in [0.717, 1.165) is 0 Å². The smallest absolute Gasteiger partial charge is 0.0654 e. The van der Waals surface area contributed by atoms with Gasteiger partial charge in [-0.25, -0.2) is 0 Å². The summed E-state index contributed by atoms with van der Waals surface area (Å²) in [5.74, 6) is 0. The predicted molar refractivity (Wildman–Crippen MR) is 290 cm³/mol. The number of hydrogen-bond donors (Lipinski definition) is 0. The van der Waals surface area contributed by atoms with Gasteiger partial charge in [0.1, 0.15) is 0 Å². The van der Waals surface area contributed by atoms with Crippen molar-refractivity contribution in [2.75, 3.05) is 0 Å². The van der Waals surface area contributed by atoms with E-state index in [9.17, 15) is 0 Å². The fourth-order valence-electron chi connectivity index (χ4n) is 12.5. The van der Waals surface area contributed by atoms with Gasteiger partial charge in [0.25, 0.3) is 0 Å². The van der Waals surface area contributed by atoms with Crippen molar-refractivity contribution in [3.63, 3.8) is 0 Å². The summed E-state index contributed by atoms with van der Waals surface area (Å²) in [7, 11) is 0. The van der Waals surface area contributed by atoms with Gasteiger partial charge in [-0.3, -0.25) is 0 Å². The van der Waals surface area contributed by atoms with Crippen LogP contribution in [0.3, 0.4) is 0 Å². The topological polar surface area (TPSA) is 0 Å². The van der Waals surface area contributed by atoms with Crippen molar-refractivity contribution in [1.82, 2.24) is 0 Å². The van der Waals surface area contributed by atoms with Gasteiger partial charge in [-0.1, -0.05) is 265 Å². The molecule has 2 aliphatic rings. The van der Waals surface area contributed by atoms with Crippen LogP contribution in [0.25, 0.3) is 22.3 Å². The van der Waals surface area contributed by atoms with Crippen LogP contribution in [0.5, 0.6) is 0 Å². The second kappa shape index (κ2) is 24.9. The minimum atomic E-state index is -0.405. The van der Waals surface area contributed by atoms with Crippen LogP contribution in [-0.4, -0.2) is 0 Å². The zero-order chi connectivity index (χ0) is 46.2. The second-order valence-corrected chi connectivity index (χ2v) is 21.3. The van der Waals surface area contributed by atoms with E-state index in [1.54, 1.807) is 11.1 Å². The van der Waals surface area contributed by atoms with Gasteiger partial charge in [-0.05, 0) is 131 Å². The van der Waals surface area contributed by atoms with Crippen LogP contribution in [0.2, 0.25) is 0 Å². The molecule has 0 atom stereocenters. The quantitative estimate of drug-likeness (QED) is 0.0396. The van der Waals surface area contributed by atoms with E-state index < -0.39 is 5.41 Å². The van der Waals surface area contributed by atoms with E-state index >= 15 is 0 Å². The van der Waals surface area contributed by atoms with Crippen LogP contribution < -0.4 is 0 Å². The molecule has 0 nitrogen and oxygen atoms in total. The summed E-state index contributed by atoms with van der Waals surface area (Å²) >= 11 is 0. The molecular weight excluding hydrogens is 793 g/mol. The van der Waals surface area contributed by atoms with Crippen molar-refractivity contribution in [2.45, 2.75) is 232 Å². The van der Waals surface area contributed by atoms with Crippen LogP contribution in [0, 0.1) is 13.8 Å². The highest BCUT2D eigenvalue weighted by atomic mass is 14.5. The van der Waals surface area contributed by atoms with E-state index in [0.29, 0.717) is 0 Å². The third-order valence-electron chi connectivity index (χ3n) is 16.3. The molecule has 0 heteroatoms. The Morgan fingerprint density at radius 2 is 0.636 bits per heavy atom. The van der Waals surface area contributed by atoms with Gasteiger partial charge >= 0.3 is 0 Å². The Morgan fingerprint density at radius 3 is 1.09 bits per heavy atom. The standard InChI is InChI=1S/C66H90/c1-7-11-15-19-23-27-31-53-35-39-55(40-36-53)66(56-41-37-54(38-42-56)32-28-24-20-16-12-8-2)63-48-52(6)34-44-58(63)60-49-62-59(50-64(60)66)57-43-33-51(5)47-61(57)65(62,45-29-25-21-17-13-9-3)46-30-26-22-18-14-10-4/h33-44,47-50H,7-32,45-46H2,1-6H3. The summed E-state index contributed by atoms with van der Waals surface area (Å²) in [6.45, 7) is 14.0. The number of hydrogen-bond acceptors (Lipinski definition) is 0. The van der Waals surface area contributed by atoms with Gasteiger partial charge in [0.2, 0.25) is 0 Å². The van der Waals surface area contributed by atoms with E-state index in [2.05, 4.69) is 139 Å². The summed E-state index contributed by atoms with van der Waals surface area (Å²) in [4.78, 5) is 0. The lowest BCUT2D eigenvalue weighted by molar-refractivity contribution is 0.397. The van der Waals surface area contributed by atoms with E-state index in [1.165, 1.54) is 247 Å². The highest BCUT2D eigenvalue weighted by Gasteiger charge is 2.50. The normalized spacial score (nSPS) is 14.0. The van der Waals surface area contributed by atoms with Crippen LogP contribution >= 0.6 is 0 Å². The molecule has 5 aromatic rings. The molecule has 0 bridgehead atoms. The summed E-state index contributed by atoms with van der Waals surface area (Å²) in [6, 6.07) is 40.6. The molecular formula is C66H90. The second-order valence-electron chi connectivity index (χ2n) is 21.3. The highest BCUT2D eigenvalue weighted by molar-refractivity contribution is 5.92. The molecule has 0 aliphatic heterocycles. The molecule has 7 rings (SSSR count). The lowest BCUT2D eigenvalue weighted by Gasteiger charge is -2.35. The Labute approximate surface area is 405 Å². The zero-order valence-corrected chi connectivity index (χ0v) is 43.0. The van der Waals surface area contributed by atoms with Crippen LogP contribution in [0.4, 0.5) is 0 Å². The molecule has 0 saturated carbocycles. The zero-order valence-electron chi connectivity index (χ0n) is 43.0. The lowest BCUT2D eigenvalue weighted by Crippen LogP contribution is -2.29. The maximum Gasteiger partial charge on any atom is 0.0713 e. The Balaban J connectivity index is 1.36. The molecule has 5 aromatic carbocycles. The predicted octanol–water partition coefficient (Wildman–Crippen LogP) is 20.2. The van der Waals surface area contributed by atoms with Gasteiger partial charge in [0.15, 0.2) is 0 Å². The Bertz CT molecular complexity index is 2150. The Hall–Kier alpha value is -3.90. The molecule has 0 heterocycles. The largest absolute Gasteiger partial charge is 0.0713 e. The van der Waals surface area contributed by atoms with Crippen molar-refractivity contribution >= 4 is 0 Å². The van der Waals surface area contributed by atoms with Gasteiger partial charge < -0.3 is 0 Å². The van der Waals surface area contributed by atoms with Crippen molar-refractivity contribution in [3.8, 4) is 22.3 Å². The van der Waals surface area contributed by atoms with Crippen molar-refractivity contribution < 1.29 is 0 Å². The number of aryl methyl sites for hydroxylation is 4. The van der Waals surface area contributed by atoms with Gasteiger partial charge in [0.05, 0.1) is 5.41 Å². The van der Waals surface area contributed by atoms with Crippen LogP contribution in [0.1, 0.15) is 250 Å². The molecule has 0 saturated heterocycles. The van der Waals surface area contributed by atoms with Crippen molar-refractivity contribution in [1.29, 1.82) is 0 Å². The highest BCUT2D eigenvalue weighted by Crippen LogP contribution is 2.62. The van der Waals surface area contributed by atoms with Gasteiger partial charge in [-0.15, -0.1) is 0 Å². The van der Waals surface area contributed by atoms with Gasteiger partial charge in [-0.2, -0.15) is 0 Å². The molecule has 66 heavy (non-hydrogen) atoms. The third-order valence-corrected chi connectivity index (χ3v) is 16.3. The minimum absolute atomic E-state index is 0.0493. The first-order valence-electron chi connectivity index (χ1n) is 28.0. The fourth-order valence-corrected chi connectivity index (χ4v) is 12.5. The number of unbranched alkanes of at least 4 members (excludes halogenated alkanes) is 20. The molecule has 0 fully saturated rings. The summed E-state index contributed by atoms with van der Waals surface area (Å²) < 4.78 is 0. The third kappa shape index (κ3) is 11.3. The first-order chi connectivity index (χ1) is 32.4. The van der Waals surface area contributed by atoms with Crippen molar-refractivity contribution in [2.24, 2.45) is 0 Å². The molecule has 0 amide bonds. The minimum Gasteiger partial charge on any atom is -0.0654 e. The van der Waals surface area contributed by atoms with E-state index in [4.69, 9.17) is 0 Å². The average Bonchev–Trinajstić information content (AvgIpc) is 3.76. The average molecular weight is 883 g/mol. The van der Waals surface area contributed by atoms with Crippen LogP contribution in [0.15, 0.2) is 97.1 Å². The number of fused-ring (bicyclic) bond motifs is 6.